The van der Waals surface area contributed by atoms with Gasteiger partial charge < -0.3 is 9.64 Å². The number of hydrogen-bond acceptors (Lipinski definition) is 4. The van der Waals surface area contributed by atoms with Crippen LogP contribution in [-0.2, 0) is 0 Å². The van der Waals surface area contributed by atoms with Crippen molar-refractivity contribution in [3.8, 4) is 17.0 Å². The molecule has 1 unspecified atom stereocenters. The molecule has 1 aromatic heterocycles. The standard InChI is InChI=1S/C22H24N4O2/c1-17-10-12-18(13-11-17)21-15-26(24-23-21)22(27)25-14-6-5-7-19(25)16-28-20-8-3-2-4-9-20/h2-4,8-13,15,19H,5-7,14,16H2,1H3. The lowest BCUT2D eigenvalue weighted by atomic mass is 10.0. The molecule has 28 heavy (non-hydrogen) atoms. The molecular weight excluding hydrogens is 352 g/mol. The van der Waals surface area contributed by atoms with Crippen LogP contribution in [0, 0.1) is 6.92 Å². The van der Waals surface area contributed by atoms with E-state index in [-0.39, 0.29) is 12.1 Å². The lowest BCUT2D eigenvalue weighted by Gasteiger charge is -2.34. The molecule has 6 heteroatoms. The van der Waals surface area contributed by atoms with Gasteiger partial charge in [0, 0.05) is 12.1 Å². The number of piperidine rings is 1. The first kappa shape index (κ1) is 18.2. The summed E-state index contributed by atoms with van der Waals surface area (Å²) in [5.41, 5.74) is 2.83. The maximum absolute atomic E-state index is 13.1. The fourth-order valence-electron chi connectivity index (χ4n) is 3.48. The van der Waals surface area contributed by atoms with E-state index >= 15 is 0 Å². The van der Waals surface area contributed by atoms with Crippen molar-refractivity contribution in [3.05, 3.63) is 66.4 Å². The molecule has 144 valence electrons. The highest BCUT2D eigenvalue weighted by atomic mass is 16.5. The van der Waals surface area contributed by atoms with E-state index in [1.165, 1.54) is 10.2 Å². The Morgan fingerprint density at radius 3 is 2.68 bits per heavy atom. The van der Waals surface area contributed by atoms with E-state index in [0.29, 0.717) is 18.8 Å². The van der Waals surface area contributed by atoms with Crippen LogP contribution in [0.1, 0.15) is 24.8 Å². The topological polar surface area (TPSA) is 60.2 Å². The van der Waals surface area contributed by atoms with Crippen molar-refractivity contribution in [1.82, 2.24) is 19.9 Å². The normalized spacial score (nSPS) is 16.8. The average Bonchev–Trinajstić information content (AvgIpc) is 3.23. The third-order valence-electron chi connectivity index (χ3n) is 5.10. The van der Waals surface area contributed by atoms with Gasteiger partial charge in [0.1, 0.15) is 18.1 Å². The summed E-state index contributed by atoms with van der Waals surface area (Å²) in [5.74, 6) is 0.822. The number of carbonyl (C=O) groups is 1. The van der Waals surface area contributed by atoms with Gasteiger partial charge in [-0.2, -0.15) is 4.68 Å². The van der Waals surface area contributed by atoms with Crippen LogP contribution in [0.25, 0.3) is 11.3 Å². The molecule has 2 aromatic carbocycles. The molecule has 3 aromatic rings. The predicted octanol–water partition coefficient (Wildman–Crippen LogP) is 4.16. The number of aromatic nitrogens is 3. The Kier molecular flexibility index (Phi) is 5.37. The highest BCUT2D eigenvalue weighted by Crippen LogP contribution is 2.21. The molecule has 0 spiro atoms. The zero-order chi connectivity index (χ0) is 19.3. The molecule has 0 radical (unpaired) electrons. The van der Waals surface area contributed by atoms with Crippen LogP contribution < -0.4 is 4.74 Å². The Labute approximate surface area is 164 Å². The lowest BCUT2D eigenvalue weighted by molar-refractivity contribution is 0.115. The molecule has 4 rings (SSSR count). The van der Waals surface area contributed by atoms with Gasteiger partial charge in [-0.3, -0.25) is 0 Å². The Balaban J connectivity index is 1.46. The first-order chi connectivity index (χ1) is 13.7. The molecular formula is C22H24N4O2. The number of benzene rings is 2. The molecule has 0 bridgehead atoms. The first-order valence-corrected chi connectivity index (χ1v) is 9.69. The van der Waals surface area contributed by atoms with Gasteiger partial charge in [0.05, 0.1) is 12.2 Å². The second-order valence-corrected chi connectivity index (χ2v) is 7.16. The Bertz CT molecular complexity index is 921. The van der Waals surface area contributed by atoms with E-state index in [9.17, 15) is 4.79 Å². The summed E-state index contributed by atoms with van der Waals surface area (Å²) in [6, 6.07) is 17.6. The summed E-state index contributed by atoms with van der Waals surface area (Å²) in [4.78, 5) is 14.9. The van der Waals surface area contributed by atoms with E-state index in [2.05, 4.69) is 10.3 Å². The zero-order valence-electron chi connectivity index (χ0n) is 16.0. The summed E-state index contributed by atoms with van der Waals surface area (Å²) in [7, 11) is 0. The van der Waals surface area contributed by atoms with Gasteiger partial charge >= 0.3 is 6.03 Å². The molecule has 2 heterocycles. The summed E-state index contributed by atoms with van der Waals surface area (Å²) in [6.45, 7) is 3.23. The maximum atomic E-state index is 13.1. The fourth-order valence-corrected chi connectivity index (χ4v) is 3.48. The number of likely N-dealkylation sites (tertiary alicyclic amines) is 1. The predicted molar refractivity (Wildman–Crippen MR) is 107 cm³/mol. The molecule has 1 fully saturated rings. The van der Waals surface area contributed by atoms with E-state index < -0.39 is 0 Å². The third kappa shape index (κ3) is 4.06. The van der Waals surface area contributed by atoms with E-state index in [1.54, 1.807) is 6.20 Å². The number of ether oxygens (including phenoxy) is 1. The van der Waals surface area contributed by atoms with E-state index in [4.69, 9.17) is 4.74 Å². The molecule has 1 saturated heterocycles. The second-order valence-electron chi connectivity index (χ2n) is 7.16. The number of carbonyl (C=O) groups excluding carboxylic acids is 1. The SMILES string of the molecule is Cc1ccc(-c2cn(C(=O)N3CCCCC3COc3ccccc3)nn2)cc1. The molecule has 0 aliphatic carbocycles. The van der Waals surface area contributed by atoms with Gasteiger partial charge in [-0.25, -0.2) is 4.79 Å². The monoisotopic (exact) mass is 376 g/mol. The zero-order valence-corrected chi connectivity index (χ0v) is 16.0. The van der Waals surface area contributed by atoms with Crippen LogP contribution in [0.5, 0.6) is 5.75 Å². The Morgan fingerprint density at radius 1 is 1.11 bits per heavy atom. The second kappa shape index (κ2) is 8.25. The largest absolute Gasteiger partial charge is 0.491 e. The van der Waals surface area contributed by atoms with Crippen LogP contribution in [-0.4, -0.2) is 45.1 Å². The Hall–Kier alpha value is -3.15. The van der Waals surface area contributed by atoms with Crippen molar-refractivity contribution >= 4 is 6.03 Å². The molecule has 1 aliphatic heterocycles. The van der Waals surface area contributed by atoms with Gasteiger partial charge in [-0.1, -0.05) is 53.2 Å². The number of amides is 1. The highest BCUT2D eigenvalue weighted by Gasteiger charge is 2.29. The van der Waals surface area contributed by atoms with Gasteiger partial charge in [0.25, 0.3) is 0 Å². The molecule has 0 saturated carbocycles. The minimum absolute atomic E-state index is 0.0356. The van der Waals surface area contributed by atoms with Crippen LogP contribution >= 0.6 is 0 Å². The van der Waals surface area contributed by atoms with Crippen molar-refractivity contribution < 1.29 is 9.53 Å². The number of hydrogen-bond donors (Lipinski definition) is 0. The summed E-state index contributed by atoms with van der Waals surface area (Å²) in [6.07, 6.45) is 4.72. The van der Waals surface area contributed by atoms with Crippen LogP contribution in [0.3, 0.4) is 0 Å². The first-order valence-electron chi connectivity index (χ1n) is 9.69. The van der Waals surface area contributed by atoms with Gasteiger partial charge in [0.2, 0.25) is 0 Å². The van der Waals surface area contributed by atoms with Crippen molar-refractivity contribution in [1.29, 1.82) is 0 Å². The molecule has 1 aliphatic rings. The number of para-hydroxylation sites is 1. The average molecular weight is 376 g/mol. The van der Waals surface area contributed by atoms with Crippen molar-refractivity contribution in [2.75, 3.05) is 13.2 Å². The van der Waals surface area contributed by atoms with Crippen LogP contribution in [0.2, 0.25) is 0 Å². The Morgan fingerprint density at radius 2 is 1.89 bits per heavy atom. The third-order valence-corrected chi connectivity index (χ3v) is 5.10. The van der Waals surface area contributed by atoms with Crippen molar-refractivity contribution in [2.24, 2.45) is 0 Å². The maximum Gasteiger partial charge on any atom is 0.346 e. The van der Waals surface area contributed by atoms with Gasteiger partial charge in [0.15, 0.2) is 0 Å². The summed E-state index contributed by atoms with van der Waals surface area (Å²) >= 11 is 0. The smallest absolute Gasteiger partial charge is 0.346 e. The molecule has 0 N–H and O–H groups in total. The number of rotatable bonds is 4. The van der Waals surface area contributed by atoms with E-state index in [1.807, 2.05) is 66.4 Å². The molecule has 1 atom stereocenters. The minimum Gasteiger partial charge on any atom is -0.491 e. The number of aryl methyl sites for hydroxylation is 1. The van der Waals surface area contributed by atoms with Crippen LogP contribution in [0.15, 0.2) is 60.8 Å². The van der Waals surface area contributed by atoms with E-state index in [0.717, 1.165) is 30.6 Å². The minimum atomic E-state index is -0.146. The summed E-state index contributed by atoms with van der Waals surface area (Å²) in [5, 5.41) is 8.26. The molecule has 1 amide bonds. The summed E-state index contributed by atoms with van der Waals surface area (Å²) < 4.78 is 7.25. The van der Waals surface area contributed by atoms with Gasteiger partial charge in [-0.05, 0) is 38.3 Å². The fraction of sp³-hybridized carbons (Fsp3) is 0.318. The van der Waals surface area contributed by atoms with Crippen molar-refractivity contribution in [3.63, 3.8) is 0 Å². The number of nitrogens with zero attached hydrogens (tertiary/aromatic N) is 4. The lowest BCUT2D eigenvalue weighted by Crippen LogP contribution is -2.48. The molecule has 6 nitrogen and oxygen atoms in total. The quantitative estimate of drug-likeness (QED) is 0.686. The van der Waals surface area contributed by atoms with Gasteiger partial charge in [-0.15, -0.1) is 5.10 Å². The van der Waals surface area contributed by atoms with Crippen molar-refractivity contribution in [2.45, 2.75) is 32.2 Å². The van der Waals surface area contributed by atoms with Crippen LogP contribution in [0.4, 0.5) is 4.79 Å². The highest BCUT2D eigenvalue weighted by molar-refractivity contribution is 5.77.